The van der Waals surface area contributed by atoms with E-state index in [2.05, 4.69) is 41.6 Å². The van der Waals surface area contributed by atoms with Crippen molar-refractivity contribution in [2.75, 3.05) is 7.05 Å². The highest BCUT2D eigenvalue weighted by Crippen LogP contribution is 2.36. The number of carbonyl (C=O) groups is 1. The Hall–Kier alpha value is -2.14. The Kier molecular flexibility index (Phi) is 4.35. The molecule has 0 bridgehead atoms. The first-order chi connectivity index (χ1) is 12.5. The second-order valence-electron chi connectivity index (χ2n) is 7.84. The summed E-state index contributed by atoms with van der Waals surface area (Å²) in [4.78, 5) is 14.4. The van der Waals surface area contributed by atoms with Crippen molar-refractivity contribution in [3.8, 4) is 0 Å². The molecule has 26 heavy (non-hydrogen) atoms. The standard InChI is InChI=1S/C21H28N4O/c1-13-20(14(2)25(4)23-13)21-18(12-19(26)24(21)3)22-17-10-9-15-7-5-6-8-16(15)11-17/h5-8,17-18,21-22H,9-12H2,1-4H3/t17-,18+,21+/m0/s1. The molecule has 1 fully saturated rings. The molecule has 1 aromatic carbocycles. The van der Waals surface area contributed by atoms with Crippen LogP contribution in [0.2, 0.25) is 0 Å². The molecular weight excluding hydrogens is 324 g/mol. The Morgan fingerprint density at radius 3 is 2.54 bits per heavy atom. The number of likely N-dealkylation sites (tertiary alicyclic amines) is 1. The molecule has 1 aliphatic heterocycles. The van der Waals surface area contributed by atoms with E-state index in [9.17, 15) is 4.79 Å². The number of rotatable bonds is 3. The van der Waals surface area contributed by atoms with Crippen LogP contribution in [-0.4, -0.2) is 39.7 Å². The number of nitrogens with one attached hydrogen (secondary N) is 1. The molecule has 2 heterocycles. The zero-order valence-corrected chi connectivity index (χ0v) is 16.1. The van der Waals surface area contributed by atoms with Gasteiger partial charge in [0.25, 0.3) is 0 Å². The van der Waals surface area contributed by atoms with Gasteiger partial charge in [0.2, 0.25) is 5.91 Å². The van der Waals surface area contributed by atoms with E-state index in [0.29, 0.717) is 12.5 Å². The van der Waals surface area contributed by atoms with Crippen LogP contribution in [0.1, 0.15) is 47.0 Å². The van der Waals surface area contributed by atoms with Crippen molar-refractivity contribution < 1.29 is 4.79 Å². The number of benzene rings is 1. The van der Waals surface area contributed by atoms with Gasteiger partial charge in [0.05, 0.1) is 11.7 Å². The van der Waals surface area contributed by atoms with Crippen molar-refractivity contribution in [1.82, 2.24) is 20.0 Å². The first-order valence-corrected chi connectivity index (χ1v) is 9.54. The van der Waals surface area contributed by atoms with Crippen LogP contribution >= 0.6 is 0 Å². The highest BCUT2D eigenvalue weighted by Gasteiger charge is 2.42. The lowest BCUT2D eigenvalue weighted by molar-refractivity contribution is -0.127. The largest absolute Gasteiger partial charge is 0.337 e. The summed E-state index contributed by atoms with van der Waals surface area (Å²) in [5, 5.41) is 8.41. The Morgan fingerprint density at radius 2 is 1.85 bits per heavy atom. The summed E-state index contributed by atoms with van der Waals surface area (Å²) in [5.41, 5.74) is 6.29. The van der Waals surface area contributed by atoms with Gasteiger partial charge in [0.1, 0.15) is 0 Å². The number of aromatic nitrogens is 2. The fraction of sp³-hybridized carbons (Fsp3) is 0.524. The molecule has 3 atom stereocenters. The lowest BCUT2D eigenvalue weighted by atomic mass is 9.87. The van der Waals surface area contributed by atoms with Crippen LogP contribution in [-0.2, 0) is 24.7 Å². The molecule has 0 saturated carbocycles. The van der Waals surface area contributed by atoms with E-state index in [4.69, 9.17) is 0 Å². The van der Waals surface area contributed by atoms with Gasteiger partial charge in [-0.05, 0) is 44.2 Å². The maximum Gasteiger partial charge on any atom is 0.224 e. The van der Waals surface area contributed by atoms with E-state index in [1.807, 2.05) is 30.6 Å². The molecule has 1 N–H and O–H groups in total. The minimum atomic E-state index is 0.0633. The third-order valence-corrected chi connectivity index (χ3v) is 6.24. The zero-order chi connectivity index (χ0) is 18.4. The number of amides is 1. The number of carbonyl (C=O) groups excluding carboxylic acids is 1. The van der Waals surface area contributed by atoms with Crippen LogP contribution in [0.3, 0.4) is 0 Å². The second-order valence-corrected chi connectivity index (χ2v) is 7.84. The van der Waals surface area contributed by atoms with Crippen LogP contribution in [0.25, 0.3) is 0 Å². The summed E-state index contributed by atoms with van der Waals surface area (Å²) in [7, 11) is 3.90. The van der Waals surface area contributed by atoms with Gasteiger partial charge in [0, 0.05) is 43.9 Å². The van der Waals surface area contributed by atoms with E-state index >= 15 is 0 Å². The first kappa shape index (κ1) is 17.3. The van der Waals surface area contributed by atoms with E-state index in [1.54, 1.807) is 0 Å². The molecule has 1 saturated heterocycles. The van der Waals surface area contributed by atoms with Crippen LogP contribution in [0.15, 0.2) is 24.3 Å². The fourth-order valence-electron chi connectivity index (χ4n) is 4.77. The zero-order valence-electron chi connectivity index (χ0n) is 16.1. The third kappa shape index (κ3) is 2.84. The fourth-order valence-corrected chi connectivity index (χ4v) is 4.77. The number of hydrogen-bond acceptors (Lipinski definition) is 3. The molecule has 4 rings (SSSR count). The summed E-state index contributed by atoms with van der Waals surface area (Å²) in [6.45, 7) is 4.15. The van der Waals surface area contributed by atoms with E-state index in [-0.39, 0.29) is 18.0 Å². The van der Waals surface area contributed by atoms with Crippen molar-refractivity contribution in [2.24, 2.45) is 7.05 Å². The van der Waals surface area contributed by atoms with Crippen LogP contribution in [0.5, 0.6) is 0 Å². The Labute approximate surface area is 155 Å². The number of fused-ring (bicyclic) bond motifs is 1. The third-order valence-electron chi connectivity index (χ3n) is 6.24. The topological polar surface area (TPSA) is 50.2 Å². The van der Waals surface area contributed by atoms with Gasteiger partial charge in [-0.15, -0.1) is 0 Å². The molecule has 1 aliphatic carbocycles. The average Bonchev–Trinajstić information content (AvgIpc) is 3.03. The molecule has 1 amide bonds. The van der Waals surface area contributed by atoms with Crippen LogP contribution in [0, 0.1) is 13.8 Å². The van der Waals surface area contributed by atoms with Gasteiger partial charge in [0.15, 0.2) is 0 Å². The molecule has 0 radical (unpaired) electrons. The van der Waals surface area contributed by atoms with Crippen molar-refractivity contribution >= 4 is 5.91 Å². The summed E-state index contributed by atoms with van der Waals surface area (Å²) < 4.78 is 1.93. The van der Waals surface area contributed by atoms with Gasteiger partial charge in [-0.2, -0.15) is 5.10 Å². The Morgan fingerprint density at radius 1 is 1.12 bits per heavy atom. The smallest absolute Gasteiger partial charge is 0.224 e. The van der Waals surface area contributed by atoms with Gasteiger partial charge < -0.3 is 10.2 Å². The minimum absolute atomic E-state index is 0.0633. The molecular formula is C21H28N4O. The SMILES string of the molecule is Cc1nn(C)c(C)c1[C@H]1[C@H](N[C@H]2CCc3ccccc3C2)CC(=O)N1C. The predicted molar refractivity (Wildman–Crippen MR) is 102 cm³/mol. The van der Waals surface area contributed by atoms with E-state index in [0.717, 1.165) is 30.7 Å². The maximum absolute atomic E-state index is 12.5. The first-order valence-electron chi connectivity index (χ1n) is 9.54. The molecule has 2 aromatic rings. The van der Waals surface area contributed by atoms with Crippen LogP contribution in [0.4, 0.5) is 0 Å². The summed E-state index contributed by atoms with van der Waals surface area (Å²) in [6.07, 6.45) is 3.85. The van der Waals surface area contributed by atoms with E-state index < -0.39 is 0 Å². The minimum Gasteiger partial charge on any atom is -0.337 e. The molecule has 0 unspecified atom stereocenters. The maximum atomic E-state index is 12.5. The average molecular weight is 352 g/mol. The lowest BCUT2D eigenvalue weighted by Crippen LogP contribution is -2.44. The molecule has 1 aromatic heterocycles. The van der Waals surface area contributed by atoms with Gasteiger partial charge in [-0.3, -0.25) is 9.48 Å². The number of aryl methyl sites for hydroxylation is 3. The van der Waals surface area contributed by atoms with E-state index in [1.165, 1.54) is 16.7 Å². The van der Waals surface area contributed by atoms with Crippen molar-refractivity contribution in [3.05, 3.63) is 52.3 Å². The number of likely N-dealkylation sites (N-methyl/N-ethyl adjacent to an activating group) is 1. The molecule has 0 spiro atoms. The molecule has 2 aliphatic rings. The van der Waals surface area contributed by atoms with Crippen molar-refractivity contribution in [2.45, 2.75) is 57.7 Å². The highest BCUT2D eigenvalue weighted by molar-refractivity contribution is 5.80. The number of hydrogen-bond donors (Lipinski definition) is 1. The summed E-state index contributed by atoms with van der Waals surface area (Å²) in [5.74, 6) is 0.214. The van der Waals surface area contributed by atoms with Crippen LogP contribution < -0.4 is 5.32 Å². The second kappa shape index (κ2) is 6.54. The van der Waals surface area contributed by atoms with Crippen molar-refractivity contribution in [3.63, 3.8) is 0 Å². The number of nitrogens with zero attached hydrogens (tertiary/aromatic N) is 3. The summed E-state index contributed by atoms with van der Waals surface area (Å²) in [6, 6.07) is 9.36. The van der Waals surface area contributed by atoms with Gasteiger partial charge in [-0.1, -0.05) is 24.3 Å². The monoisotopic (exact) mass is 352 g/mol. The highest BCUT2D eigenvalue weighted by atomic mass is 16.2. The summed E-state index contributed by atoms with van der Waals surface area (Å²) >= 11 is 0. The Bertz CT molecular complexity index is 841. The van der Waals surface area contributed by atoms with Gasteiger partial charge in [-0.25, -0.2) is 0 Å². The molecule has 138 valence electrons. The predicted octanol–water partition coefficient (Wildman–Crippen LogP) is 2.46. The molecule has 5 nitrogen and oxygen atoms in total. The van der Waals surface area contributed by atoms with Gasteiger partial charge >= 0.3 is 0 Å². The lowest BCUT2D eigenvalue weighted by Gasteiger charge is -2.32. The van der Waals surface area contributed by atoms with Crippen molar-refractivity contribution in [1.29, 1.82) is 0 Å². The quantitative estimate of drug-likeness (QED) is 0.923. The molecule has 5 heteroatoms. The normalized spacial score (nSPS) is 25.6. The Balaban J connectivity index is 1.58.